The zero-order chi connectivity index (χ0) is 23.8. The Morgan fingerprint density at radius 3 is 2.55 bits per heavy atom. The lowest BCUT2D eigenvalue weighted by Gasteiger charge is -2.25. The summed E-state index contributed by atoms with van der Waals surface area (Å²) in [5.74, 6) is 0.131. The Kier molecular flexibility index (Phi) is 6.25. The maximum absolute atomic E-state index is 13.0. The maximum Gasteiger partial charge on any atom is 0.285 e. The maximum atomic E-state index is 13.0. The summed E-state index contributed by atoms with van der Waals surface area (Å²) in [6.07, 6.45) is 1.40. The van der Waals surface area contributed by atoms with E-state index in [0.717, 1.165) is 12.0 Å². The van der Waals surface area contributed by atoms with Crippen LogP contribution in [0.2, 0.25) is 0 Å². The van der Waals surface area contributed by atoms with E-state index in [-0.39, 0.29) is 22.8 Å². The minimum Gasteiger partial charge on any atom is -0.350 e. The number of sulfonamides is 1. The van der Waals surface area contributed by atoms with Gasteiger partial charge in [0, 0.05) is 37.3 Å². The van der Waals surface area contributed by atoms with E-state index in [1.165, 1.54) is 0 Å². The summed E-state index contributed by atoms with van der Waals surface area (Å²) in [6.45, 7) is 4.80. The highest BCUT2D eigenvalue weighted by molar-refractivity contribution is 7.90. The zero-order valence-electron chi connectivity index (χ0n) is 19.0. The lowest BCUT2D eigenvalue weighted by atomic mass is 10.1. The summed E-state index contributed by atoms with van der Waals surface area (Å²) in [5, 5.41) is 2.95. The molecule has 0 spiro atoms. The molecule has 1 saturated heterocycles. The number of nitrogens with zero attached hydrogens (tertiary/aromatic N) is 3. The highest BCUT2D eigenvalue weighted by Crippen LogP contribution is 2.31. The van der Waals surface area contributed by atoms with Gasteiger partial charge in [0.1, 0.15) is 10.9 Å². The standard InChI is InChI=1S/C24H28N4O4S/c1-16(2)27(3)24(30)18-12-10-17(11-13-18)15-25-23(29)20-8-6-14-28(20)22-19-7-4-5-9-21(19)33(31,32)26-22/h4-5,7,9-13,16,20H,6,8,14-15H2,1-3H3,(H,25,29)/t20-/m0/s1. The van der Waals surface area contributed by atoms with E-state index in [1.807, 2.05) is 26.0 Å². The van der Waals surface area contributed by atoms with Gasteiger partial charge in [-0.1, -0.05) is 24.3 Å². The Morgan fingerprint density at radius 2 is 1.85 bits per heavy atom. The predicted octanol–water partition coefficient (Wildman–Crippen LogP) is 2.40. The van der Waals surface area contributed by atoms with E-state index < -0.39 is 16.1 Å². The van der Waals surface area contributed by atoms with Crippen molar-refractivity contribution >= 4 is 27.7 Å². The van der Waals surface area contributed by atoms with Crippen molar-refractivity contribution in [3.8, 4) is 0 Å². The fraction of sp³-hybridized carbons (Fsp3) is 0.375. The van der Waals surface area contributed by atoms with Crippen LogP contribution in [0.4, 0.5) is 0 Å². The van der Waals surface area contributed by atoms with Gasteiger partial charge in [-0.3, -0.25) is 9.59 Å². The number of hydrogen-bond acceptors (Lipinski definition) is 5. The van der Waals surface area contributed by atoms with Crippen LogP contribution in [0.15, 0.2) is 57.8 Å². The lowest BCUT2D eigenvalue weighted by Crippen LogP contribution is -2.45. The van der Waals surface area contributed by atoms with Gasteiger partial charge in [-0.2, -0.15) is 8.42 Å². The summed E-state index contributed by atoms with van der Waals surface area (Å²) < 4.78 is 28.8. The molecule has 2 aromatic carbocycles. The third-order valence-corrected chi connectivity index (χ3v) is 7.53. The molecule has 4 rings (SSSR count). The molecule has 33 heavy (non-hydrogen) atoms. The van der Waals surface area contributed by atoms with E-state index >= 15 is 0 Å². The zero-order valence-corrected chi connectivity index (χ0v) is 19.8. The number of carbonyl (C=O) groups is 2. The van der Waals surface area contributed by atoms with E-state index in [0.29, 0.717) is 36.5 Å². The van der Waals surface area contributed by atoms with Crippen molar-refractivity contribution in [2.45, 2.75) is 50.2 Å². The van der Waals surface area contributed by atoms with Crippen molar-refractivity contribution in [3.05, 3.63) is 65.2 Å². The minimum absolute atomic E-state index is 0.0465. The normalized spacial score (nSPS) is 18.7. The summed E-state index contributed by atoms with van der Waals surface area (Å²) in [4.78, 5) is 29.1. The molecule has 0 radical (unpaired) electrons. The number of likely N-dealkylation sites (tertiary alicyclic amines) is 1. The third kappa shape index (κ3) is 4.50. The Balaban J connectivity index is 1.43. The fourth-order valence-corrected chi connectivity index (χ4v) is 5.32. The monoisotopic (exact) mass is 468 g/mol. The van der Waals surface area contributed by atoms with Crippen molar-refractivity contribution in [2.24, 2.45) is 4.40 Å². The molecule has 2 amide bonds. The van der Waals surface area contributed by atoms with E-state index in [9.17, 15) is 18.0 Å². The van der Waals surface area contributed by atoms with E-state index in [4.69, 9.17) is 0 Å². The van der Waals surface area contributed by atoms with Crippen LogP contribution in [-0.4, -0.2) is 61.5 Å². The molecule has 1 atom stereocenters. The highest BCUT2D eigenvalue weighted by atomic mass is 32.2. The van der Waals surface area contributed by atoms with Gasteiger partial charge in [0.25, 0.3) is 15.9 Å². The molecule has 0 aromatic heterocycles. The van der Waals surface area contributed by atoms with Gasteiger partial charge in [-0.05, 0) is 56.5 Å². The van der Waals surface area contributed by atoms with Crippen molar-refractivity contribution in [1.82, 2.24) is 15.1 Å². The number of benzene rings is 2. The second kappa shape index (κ2) is 8.97. The average Bonchev–Trinajstić information content (AvgIpc) is 3.39. The molecule has 0 saturated carbocycles. The van der Waals surface area contributed by atoms with Crippen molar-refractivity contribution in [1.29, 1.82) is 0 Å². The van der Waals surface area contributed by atoms with E-state index in [1.54, 1.807) is 53.2 Å². The van der Waals surface area contributed by atoms with Gasteiger partial charge in [-0.15, -0.1) is 4.40 Å². The molecule has 0 unspecified atom stereocenters. The number of amides is 2. The molecular weight excluding hydrogens is 440 g/mol. The molecule has 9 heteroatoms. The van der Waals surface area contributed by atoms with Crippen LogP contribution in [0.25, 0.3) is 0 Å². The molecule has 1 N–H and O–H groups in total. The van der Waals surface area contributed by atoms with E-state index in [2.05, 4.69) is 9.71 Å². The largest absolute Gasteiger partial charge is 0.350 e. The number of hydrogen-bond donors (Lipinski definition) is 1. The summed E-state index contributed by atoms with van der Waals surface area (Å²) in [5.41, 5.74) is 2.02. The van der Waals surface area contributed by atoms with Gasteiger partial charge in [0.15, 0.2) is 5.84 Å². The van der Waals surface area contributed by atoms with Crippen LogP contribution < -0.4 is 5.32 Å². The molecular formula is C24H28N4O4S. The quantitative estimate of drug-likeness (QED) is 0.727. The fourth-order valence-electron chi connectivity index (χ4n) is 4.10. The number of nitrogens with one attached hydrogen (secondary N) is 1. The predicted molar refractivity (Wildman–Crippen MR) is 125 cm³/mol. The van der Waals surface area contributed by atoms with Crippen molar-refractivity contribution < 1.29 is 18.0 Å². The number of rotatable bonds is 5. The first-order chi connectivity index (χ1) is 15.7. The van der Waals surface area contributed by atoms with Crippen LogP contribution in [0.1, 0.15) is 48.2 Å². The molecule has 2 aliphatic heterocycles. The van der Waals surface area contributed by atoms with Gasteiger partial charge >= 0.3 is 0 Å². The second-order valence-corrected chi connectivity index (χ2v) is 10.2. The van der Waals surface area contributed by atoms with Crippen molar-refractivity contribution in [3.63, 3.8) is 0 Å². The number of amidine groups is 1. The molecule has 2 aliphatic rings. The summed E-state index contributed by atoms with van der Waals surface area (Å²) >= 11 is 0. The first-order valence-electron chi connectivity index (χ1n) is 11.0. The Hall–Kier alpha value is -3.20. The Bertz CT molecular complexity index is 1210. The minimum atomic E-state index is -3.74. The average molecular weight is 469 g/mol. The van der Waals surface area contributed by atoms with Crippen LogP contribution in [-0.2, 0) is 21.4 Å². The van der Waals surface area contributed by atoms with Crippen LogP contribution >= 0.6 is 0 Å². The molecule has 2 aromatic rings. The SMILES string of the molecule is CC(C)N(C)C(=O)c1ccc(CNC(=O)[C@@H]2CCCN2C2=NS(=O)(=O)c3ccccc32)cc1. The second-order valence-electron chi connectivity index (χ2n) is 8.66. The lowest BCUT2D eigenvalue weighted by molar-refractivity contribution is -0.124. The molecule has 0 bridgehead atoms. The first kappa shape index (κ1) is 23.0. The number of fused-ring (bicyclic) bond motifs is 1. The van der Waals surface area contributed by atoms with Crippen LogP contribution in [0, 0.1) is 0 Å². The highest BCUT2D eigenvalue weighted by Gasteiger charge is 2.39. The van der Waals surface area contributed by atoms with Gasteiger partial charge < -0.3 is 15.1 Å². The van der Waals surface area contributed by atoms with Crippen LogP contribution in [0.5, 0.6) is 0 Å². The van der Waals surface area contributed by atoms with Gasteiger partial charge in [-0.25, -0.2) is 0 Å². The molecule has 8 nitrogen and oxygen atoms in total. The smallest absolute Gasteiger partial charge is 0.285 e. The molecule has 174 valence electrons. The third-order valence-electron chi connectivity index (χ3n) is 6.20. The Morgan fingerprint density at radius 1 is 1.15 bits per heavy atom. The van der Waals surface area contributed by atoms with Gasteiger partial charge in [0.05, 0.1) is 0 Å². The molecule has 2 heterocycles. The summed E-state index contributed by atoms with van der Waals surface area (Å²) in [7, 11) is -1.97. The summed E-state index contributed by atoms with van der Waals surface area (Å²) in [6, 6.07) is 13.5. The first-order valence-corrected chi connectivity index (χ1v) is 12.5. The molecule has 1 fully saturated rings. The molecule has 0 aliphatic carbocycles. The number of carbonyl (C=O) groups excluding carboxylic acids is 2. The Labute approximate surface area is 194 Å². The van der Waals surface area contributed by atoms with Crippen molar-refractivity contribution in [2.75, 3.05) is 13.6 Å². The van der Waals surface area contributed by atoms with Gasteiger partial charge in [0.2, 0.25) is 5.91 Å². The van der Waals surface area contributed by atoms with Crippen LogP contribution in [0.3, 0.4) is 0 Å². The topological polar surface area (TPSA) is 99.2 Å².